The van der Waals surface area contributed by atoms with E-state index in [1.54, 1.807) is 18.8 Å². The van der Waals surface area contributed by atoms with Crippen molar-refractivity contribution in [2.24, 2.45) is 0 Å². The van der Waals surface area contributed by atoms with Crippen LogP contribution in [0.15, 0.2) is 24.3 Å². The van der Waals surface area contributed by atoms with E-state index in [0.717, 1.165) is 6.54 Å². The van der Waals surface area contributed by atoms with E-state index in [1.165, 1.54) is 24.8 Å². The molecule has 1 aromatic carbocycles. The Morgan fingerprint density at radius 1 is 1.12 bits per heavy atom. The van der Waals surface area contributed by atoms with Crippen molar-refractivity contribution in [2.75, 3.05) is 26.4 Å². The molecule has 0 spiro atoms. The SMILES string of the molecule is CCO[PH+](OCC)OCC.[Cl][Pt].[c-]1ccccc1C1CCCC[N-]1. The van der Waals surface area contributed by atoms with Crippen LogP contribution in [0.3, 0.4) is 0 Å². The second-order valence-corrected chi connectivity index (χ2v) is 6.15. The Kier molecular flexibility index (Phi) is 18.6. The van der Waals surface area contributed by atoms with Gasteiger partial charge in [-0.25, -0.2) is 0 Å². The third-order valence-corrected chi connectivity index (χ3v) is 4.69. The van der Waals surface area contributed by atoms with Crippen LogP contribution >= 0.6 is 18.0 Å². The van der Waals surface area contributed by atoms with E-state index < -0.39 is 8.60 Å². The maximum absolute atomic E-state index is 5.18. The third-order valence-electron chi connectivity index (χ3n) is 3.11. The molecule has 1 heterocycles. The van der Waals surface area contributed by atoms with Gasteiger partial charge >= 0.3 is 36.8 Å². The molecule has 0 radical (unpaired) electrons. The van der Waals surface area contributed by atoms with Gasteiger partial charge in [-0.15, -0.1) is 12.6 Å². The van der Waals surface area contributed by atoms with Gasteiger partial charge < -0.3 is 5.32 Å². The Bertz CT molecular complexity index is 356. The molecule has 1 unspecified atom stereocenters. The minimum atomic E-state index is -1.40. The molecule has 2 rings (SSSR count). The minimum absolute atomic E-state index is 0.431. The second kappa shape index (κ2) is 18.3. The molecular weight excluding hydrogens is 528 g/mol. The van der Waals surface area contributed by atoms with Crippen molar-refractivity contribution in [3.63, 3.8) is 0 Å². The fourth-order valence-electron chi connectivity index (χ4n) is 2.13. The van der Waals surface area contributed by atoms with E-state index in [1.807, 2.05) is 32.9 Å². The molecule has 1 saturated heterocycles. The van der Waals surface area contributed by atoms with Crippen molar-refractivity contribution < 1.29 is 32.3 Å². The van der Waals surface area contributed by atoms with Crippen molar-refractivity contribution in [3.05, 3.63) is 41.2 Å². The topological polar surface area (TPSA) is 41.8 Å². The number of benzene rings is 1. The zero-order valence-electron chi connectivity index (χ0n) is 14.7. The second-order valence-electron chi connectivity index (χ2n) is 4.78. The summed E-state index contributed by atoms with van der Waals surface area (Å²) in [6.45, 7) is 8.82. The van der Waals surface area contributed by atoms with E-state index in [9.17, 15) is 0 Å². The number of hydrogen-bond acceptors (Lipinski definition) is 3. The predicted octanol–water partition coefficient (Wildman–Crippen LogP) is 5.83. The van der Waals surface area contributed by atoms with Crippen LogP contribution < -0.4 is 0 Å². The number of rotatable bonds is 7. The van der Waals surface area contributed by atoms with Crippen LogP contribution in [0.25, 0.3) is 5.32 Å². The van der Waals surface area contributed by atoms with Gasteiger partial charge in [0.15, 0.2) is 0 Å². The summed E-state index contributed by atoms with van der Waals surface area (Å²) < 4.78 is 15.5. The van der Waals surface area contributed by atoms with E-state index in [-0.39, 0.29) is 0 Å². The van der Waals surface area contributed by atoms with Crippen LogP contribution in [0.5, 0.6) is 0 Å². The maximum atomic E-state index is 5.18. The summed E-state index contributed by atoms with van der Waals surface area (Å²) in [4.78, 5) is 0. The molecule has 0 amide bonds. The van der Waals surface area contributed by atoms with Gasteiger partial charge in [-0.2, -0.15) is 49.5 Å². The monoisotopic (exact) mass is 556 g/mol. The standard InChI is InChI=1S/C11H13N.C6H16O3P.ClH.Pt/c1-2-6-10(7-3-1)11-8-4-5-9-12-11;1-4-7-10(8-5-2)9-6-3;;/h1-3,6,11H,4-5,8-9H2;10H,4-6H2,1-3H3;1H;/q-2;+1;;+1/p-1. The molecule has 1 atom stereocenters. The zero-order valence-corrected chi connectivity index (χ0v) is 18.7. The quantitative estimate of drug-likeness (QED) is 0.314. The molecule has 0 saturated carbocycles. The first-order valence-corrected chi connectivity index (χ1v) is 12.4. The summed E-state index contributed by atoms with van der Waals surface area (Å²) in [5, 5.41) is 4.57. The molecule has 0 aliphatic carbocycles. The summed E-state index contributed by atoms with van der Waals surface area (Å²) in [5.74, 6) is 0. The van der Waals surface area contributed by atoms with E-state index >= 15 is 0 Å². The zero-order chi connectivity index (χ0) is 18.0. The first-order chi connectivity index (χ1) is 11.8. The molecule has 0 aromatic heterocycles. The fraction of sp³-hybridized carbons (Fsp3) is 0.647. The Labute approximate surface area is 163 Å². The number of halogens is 1. The summed E-state index contributed by atoms with van der Waals surface area (Å²) in [6, 6.07) is 11.8. The van der Waals surface area contributed by atoms with E-state index in [4.69, 9.17) is 13.6 Å². The Hall–Kier alpha value is 0.468. The average molecular weight is 557 g/mol. The molecule has 1 aromatic rings. The Morgan fingerprint density at radius 2 is 1.75 bits per heavy atom. The largest absolute Gasteiger partial charge is 0.657 e. The van der Waals surface area contributed by atoms with Crippen LogP contribution in [-0.4, -0.2) is 26.4 Å². The van der Waals surface area contributed by atoms with Crippen molar-refractivity contribution in [1.82, 2.24) is 0 Å². The minimum Gasteiger partial charge on any atom is -0.657 e. The van der Waals surface area contributed by atoms with Crippen LogP contribution in [-0.2, 0) is 32.3 Å². The van der Waals surface area contributed by atoms with Crippen molar-refractivity contribution in [3.8, 4) is 0 Å². The van der Waals surface area contributed by atoms with Gasteiger partial charge in [-0.1, -0.05) is 19.3 Å². The smallest absolute Gasteiger partial charge is 0.0561 e. The van der Waals surface area contributed by atoms with Gasteiger partial charge in [-0.3, -0.25) is 0 Å². The molecule has 0 bridgehead atoms. The van der Waals surface area contributed by atoms with Crippen molar-refractivity contribution in [2.45, 2.75) is 46.1 Å². The van der Waals surface area contributed by atoms with E-state index in [2.05, 4.69) is 32.9 Å². The van der Waals surface area contributed by atoms with Crippen LogP contribution in [0, 0.1) is 6.07 Å². The van der Waals surface area contributed by atoms with E-state index in [0.29, 0.717) is 25.9 Å². The molecule has 1 aliphatic heterocycles. The Morgan fingerprint density at radius 3 is 2.17 bits per heavy atom. The molecule has 7 heteroatoms. The van der Waals surface area contributed by atoms with Gasteiger partial charge in [0.05, 0.1) is 19.8 Å². The van der Waals surface area contributed by atoms with Gasteiger partial charge in [-0.05, 0) is 20.8 Å². The van der Waals surface area contributed by atoms with Crippen LogP contribution in [0.1, 0.15) is 51.6 Å². The maximum Gasteiger partial charge on any atom is -0.0561 e. The molecule has 0 N–H and O–H groups in total. The average Bonchev–Trinajstić information content (AvgIpc) is 2.66. The van der Waals surface area contributed by atoms with Crippen molar-refractivity contribution in [1.29, 1.82) is 0 Å². The van der Waals surface area contributed by atoms with Gasteiger partial charge in [0.25, 0.3) is 0 Å². The summed E-state index contributed by atoms with van der Waals surface area (Å²) in [5.41, 5.74) is 1.26. The first kappa shape index (κ1) is 24.5. The third kappa shape index (κ3) is 11.9. The molecule has 1 aliphatic rings. The summed E-state index contributed by atoms with van der Waals surface area (Å²) in [6.07, 6.45) is 3.79. The summed E-state index contributed by atoms with van der Waals surface area (Å²) in [7, 11) is 3.21. The molecular formula is C17H29ClNO3PPt-. The Balaban J connectivity index is 0.000000407. The normalized spacial score (nSPS) is 16.7. The van der Waals surface area contributed by atoms with Gasteiger partial charge in [0.2, 0.25) is 0 Å². The molecule has 143 valence electrons. The van der Waals surface area contributed by atoms with Gasteiger partial charge in [0, 0.05) is 0 Å². The number of nitrogens with zero attached hydrogens (tertiary/aromatic N) is 1. The molecule has 24 heavy (non-hydrogen) atoms. The number of hydrogen-bond donors (Lipinski definition) is 0. The molecule has 1 fully saturated rings. The van der Waals surface area contributed by atoms with Crippen LogP contribution in [0.4, 0.5) is 0 Å². The van der Waals surface area contributed by atoms with Crippen LogP contribution in [0.2, 0.25) is 0 Å². The molecule has 4 nitrogen and oxygen atoms in total. The summed E-state index contributed by atoms with van der Waals surface area (Å²) >= 11 is 1.61. The van der Waals surface area contributed by atoms with Crippen molar-refractivity contribution >= 4 is 18.0 Å². The number of piperidine rings is 1. The first-order valence-electron chi connectivity index (χ1n) is 8.32. The fourth-order valence-corrected chi connectivity index (χ4v) is 3.09. The predicted molar refractivity (Wildman–Crippen MR) is 99.1 cm³/mol. The van der Waals surface area contributed by atoms with Gasteiger partial charge in [0.1, 0.15) is 0 Å².